The van der Waals surface area contributed by atoms with E-state index in [9.17, 15) is 5.11 Å². The predicted octanol–water partition coefficient (Wildman–Crippen LogP) is 2.27. The number of halogens is 1. The summed E-state index contributed by atoms with van der Waals surface area (Å²) in [6.45, 7) is 2.16. The minimum absolute atomic E-state index is 0.329. The Labute approximate surface area is 109 Å². The molecule has 0 spiro atoms. The van der Waals surface area contributed by atoms with Gasteiger partial charge in [-0.1, -0.05) is 0 Å². The van der Waals surface area contributed by atoms with Crippen LogP contribution in [0.15, 0.2) is 28.5 Å². The van der Waals surface area contributed by atoms with Gasteiger partial charge in [0.15, 0.2) is 0 Å². The third kappa shape index (κ3) is 2.11. The molecule has 0 amide bonds. The molecular formula is C13H15BrN2O. The van der Waals surface area contributed by atoms with E-state index in [1.165, 1.54) is 6.42 Å². The first kappa shape index (κ1) is 11.2. The summed E-state index contributed by atoms with van der Waals surface area (Å²) in [5.74, 6) is 0.675. The van der Waals surface area contributed by atoms with Gasteiger partial charge in [-0.25, -0.2) is 0 Å². The molecule has 1 N–H and O–H groups in total. The van der Waals surface area contributed by atoms with Crippen molar-refractivity contribution >= 4 is 22.0 Å². The second-order valence-electron chi connectivity index (χ2n) is 4.79. The maximum absolute atomic E-state index is 10.1. The average molecular weight is 295 g/mol. The van der Waals surface area contributed by atoms with Gasteiger partial charge in [-0.3, -0.25) is 4.98 Å². The molecule has 2 saturated heterocycles. The summed E-state index contributed by atoms with van der Waals surface area (Å²) in [6.07, 6.45) is 5.56. The number of aliphatic hydroxyl groups is 1. The Hall–Kier alpha value is -0.870. The lowest BCUT2D eigenvalue weighted by molar-refractivity contribution is 0.125. The summed E-state index contributed by atoms with van der Waals surface area (Å²) in [5, 5.41) is 10.1. The summed E-state index contributed by atoms with van der Waals surface area (Å²) in [7, 11) is 0. The molecule has 2 atom stereocenters. The molecule has 3 heterocycles. The first-order valence-electron chi connectivity index (χ1n) is 5.99. The van der Waals surface area contributed by atoms with E-state index in [4.69, 9.17) is 0 Å². The number of rotatable bonds is 1. The van der Waals surface area contributed by atoms with Gasteiger partial charge in [-0.15, -0.1) is 0 Å². The van der Waals surface area contributed by atoms with E-state index in [0.717, 1.165) is 35.4 Å². The number of aromatic nitrogens is 1. The van der Waals surface area contributed by atoms with E-state index < -0.39 is 0 Å². The molecule has 0 aliphatic carbocycles. The van der Waals surface area contributed by atoms with Gasteiger partial charge in [0, 0.05) is 29.5 Å². The number of piperidine rings is 1. The van der Waals surface area contributed by atoms with E-state index in [1.54, 1.807) is 6.20 Å². The van der Waals surface area contributed by atoms with Gasteiger partial charge in [0.2, 0.25) is 0 Å². The average Bonchev–Trinajstić information content (AvgIpc) is 2.70. The molecular weight excluding hydrogens is 280 g/mol. The lowest BCUT2D eigenvalue weighted by Gasteiger charge is -2.31. The van der Waals surface area contributed by atoms with Gasteiger partial charge in [-0.05, 0) is 52.9 Å². The number of hydrogen-bond donors (Lipinski definition) is 1. The van der Waals surface area contributed by atoms with Crippen LogP contribution in [0.4, 0.5) is 0 Å². The Morgan fingerprint density at radius 3 is 3.24 bits per heavy atom. The zero-order valence-corrected chi connectivity index (χ0v) is 11.1. The van der Waals surface area contributed by atoms with Crippen LogP contribution in [0.2, 0.25) is 0 Å². The fourth-order valence-corrected chi connectivity index (χ4v) is 3.11. The molecule has 1 aromatic heterocycles. The second-order valence-corrected chi connectivity index (χ2v) is 5.65. The molecule has 0 radical (unpaired) electrons. The van der Waals surface area contributed by atoms with E-state index in [1.807, 2.05) is 18.2 Å². The largest absolute Gasteiger partial charge is 0.387 e. The molecule has 2 bridgehead atoms. The number of nitrogens with zero attached hydrogens (tertiary/aromatic N) is 2. The number of hydrogen-bond acceptors (Lipinski definition) is 3. The number of aliphatic hydroxyl groups excluding tert-OH is 1. The second kappa shape index (κ2) is 4.42. The van der Waals surface area contributed by atoms with Crippen molar-refractivity contribution in [1.29, 1.82) is 0 Å². The van der Waals surface area contributed by atoms with E-state index in [0.29, 0.717) is 5.92 Å². The van der Waals surface area contributed by atoms with Crippen LogP contribution >= 0.6 is 15.9 Å². The van der Waals surface area contributed by atoms with E-state index in [-0.39, 0.29) is 6.10 Å². The van der Waals surface area contributed by atoms with Gasteiger partial charge < -0.3 is 10.0 Å². The highest BCUT2D eigenvalue weighted by Crippen LogP contribution is 2.34. The van der Waals surface area contributed by atoms with Gasteiger partial charge in [-0.2, -0.15) is 0 Å². The summed E-state index contributed by atoms with van der Waals surface area (Å²) < 4.78 is 0.973. The van der Waals surface area contributed by atoms with Crippen molar-refractivity contribution < 1.29 is 5.11 Å². The minimum atomic E-state index is -0.329. The molecule has 2 aliphatic rings. The molecule has 0 aromatic carbocycles. The molecule has 3 rings (SSSR count). The van der Waals surface area contributed by atoms with Crippen molar-refractivity contribution in [3.8, 4) is 0 Å². The molecule has 1 aromatic rings. The van der Waals surface area contributed by atoms with Crippen molar-refractivity contribution in [2.45, 2.75) is 18.9 Å². The molecule has 0 saturated carbocycles. The Kier molecular flexibility index (Phi) is 2.92. The Bertz CT molecular complexity index is 460. The van der Waals surface area contributed by atoms with Crippen LogP contribution in [0.5, 0.6) is 0 Å². The summed E-state index contributed by atoms with van der Waals surface area (Å²) in [5.41, 5.74) is 1.92. The normalized spacial score (nSPS) is 30.0. The Morgan fingerprint density at radius 2 is 2.41 bits per heavy atom. The molecule has 17 heavy (non-hydrogen) atoms. The van der Waals surface area contributed by atoms with Crippen molar-refractivity contribution in [3.63, 3.8) is 0 Å². The van der Waals surface area contributed by atoms with Crippen molar-refractivity contribution in [2.24, 2.45) is 5.92 Å². The molecule has 2 fully saturated rings. The summed E-state index contributed by atoms with van der Waals surface area (Å²) >= 11 is 3.49. The van der Waals surface area contributed by atoms with Crippen LogP contribution in [-0.4, -0.2) is 34.2 Å². The van der Waals surface area contributed by atoms with Gasteiger partial charge >= 0.3 is 0 Å². The highest BCUT2D eigenvalue weighted by atomic mass is 79.9. The number of pyridine rings is 1. The first-order valence-corrected chi connectivity index (χ1v) is 6.78. The standard InChI is InChI=1S/C13H15BrN2O/c14-10-2-1-4-15-11(10)7-12-13(17)6-9-3-5-16(12)8-9/h1-2,4,7,9,13,17H,3,5-6,8H2. The van der Waals surface area contributed by atoms with Crippen molar-refractivity contribution in [3.05, 3.63) is 34.2 Å². The summed E-state index contributed by atoms with van der Waals surface area (Å²) in [6, 6.07) is 3.87. The fraction of sp³-hybridized carbons (Fsp3) is 0.462. The minimum Gasteiger partial charge on any atom is -0.387 e. The SMILES string of the molecule is OC1CC2CCN(C2)C1=Cc1ncccc1Br. The van der Waals surface area contributed by atoms with Crippen molar-refractivity contribution in [2.75, 3.05) is 13.1 Å². The van der Waals surface area contributed by atoms with Crippen LogP contribution < -0.4 is 0 Å². The van der Waals surface area contributed by atoms with Gasteiger partial charge in [0.05, 0.1) is 11.8 Å². The molecule has 2 aliphatic heterocycles. The van der Waals surface area contributed by atoms with Gasteiger partial charge in [0.1, 0.15) is 0 Å². The fourth-order valence-electron chi connectivity index (χ4n) is 2.74. The Balaban J connectivity index is 1.95. The molecule has 90 valence electrons. The lowest BCUT2D eigenvalue weighted by Crippen LogP contribution is -2.34. The van der Waals surface area contributed by atoms with Crippen LogP contribution in [-0.2, 0) is 0 Å². The third-order valence-corrected chi connectivity index (χ3v) is 4.29. The molecule has 3 nitrogen and oxygen atoms in total. The monoisotopic (exact) mass is 294 g/mol. The third-order valence-electron chi connectivity index (χ3n) is 3.62. The maximum Gasteiger partial charge on any atom is 0.0940 e. The molecule has 2 unspecified atom stereocenters. The highest BCUT2D eigenvalue weighted by molar-refractivity contribution is 9.10. The van der Waals surface area contributed by atoms with E-state index in [2.05, 4.69) is 25.8 Å². The Morgan fingerprint density at radius 1 is 1.53 bits per heavy atom. The van der Waals surface area contributed by atoms with Crippen LogP contribution in [0.1, 0.15) is 18.5 Å². The quantitative estimate of drug-likeness (QED) is 0.863. The van der Waals surface area contributed by atoms with Crippen molar-refractivity contribution in [1.82, 2.24) is 9.88 Å². The molecule has 4 heteroatoms. The van der Waals surface area contributed by atoms with Crippen LogP contribution in [0.25, 0.3) is 6.08 Å². The van der Waals surface area contributed by atoms with Gasteiger partial charge in [0.25, 0.3) is 0 Å². The summed E-state index contributed by atoms with van der Waals surface area (Å²) in [4.78, 5) is 6.62. The zero-order valence-electron chi connectivity index (χ0n) is 9.51. The zero-order chi connectivity index (χ0) is 11.8. The first-order chi connectivity index (χ1) is 8.24. The highest BCUT2D eigenvalue weighted by Gasteiger charge is 2.34. The van der Waals surface area contributed by atoms with Crippen LogP contribution in [0, 0.1) is 5.92 Å². The number of fused-ring (bicyclic) bond motifs is 2. The topological polar surface area (TPSA) is 36.4 Å². The van der Waals surface area contributed by atoms with E-state index >= 15 is 0 Å². The predicted molar refractivity (Wildman–Crippen MR) is 70.2 cm³/mol. The smallest absolute Gasteiger partial charge is 0.0940 e. The maximum atomic E-state index is 10.1. The lowest BCUT2D eigenvalue weighted by atomic mass is 9.96. The van der Waals surface area contributed by atoms with Crippen LogP contribution in [0.3, 0.4) is 0 Å².